The molecule has 0 aliphatic heterocycles. The van der Waals surface area contributed by atoms with E-state index in [4.69, 9.17) is 14.2 Å². The summed E-state index contributed by atoms with van der Waals surface area (Å²) in [6.07, 6.45) is 1.13. The minimum atomic E-state index is 0.0286. The van der Waals surface area contributed by atoms with Crippen molar-refractivity contribution in [3.05, 3.63) is 0 Å². The van der Waals surface area contributed by atoms with Crippen molar-refractivity contribution in [2.75, 3.05) is 26.4 Å². The van der Waals surface area contributed by atoms with Crippen molar-refractivity contribution in [3.63, 3.8) is 0 Å². The lowest BCUT2D eigenvalue weighted by Gasteiger charge is -2.24. The van der Waals surface area contributed by atoms with E-state index in [0.29, 0.717) is 18.6 Å². The van der Waals surface area contributed by atoms with Crippen molar-refractivity contribution in [3.8, 4) is 0 Å². The Bertz CT molecular complexity index is 245. The van der Waals surface area contributed by atoms with E-state index in [1.54, 1.807) is 0 Å². The lowest BCUT2D eigenvalue weighted by molar-refractivity contribution is -0.122. The molecule has 0 aromatic carbocycles. The van der Waals surface area contributed by atoms with Crippen LogP contribution in [0.4, 0.5) is 0 Å². The third-order valence-corrected chi connectivity index (χ3v) is 2.81. The smallest absolute Gasteiger partial charge is 0.155 e. The predicted molar refractivity (Wildman–Crippen MR) is 76.4 cm³/mol. The molecule has 2 atom stereocenters. The van der Waals surface area contributed by atoms with Gasteiger partial charge < -0.3 is 14.2 Å². The van der Waals surface area contributed by atoms with Crippen LogP contribution >= 0.6 is 0 Å². The number of ketones is 1. The van der Waals surface area contributed by atoms with Gasteiger partial charge in [-0.15, -0.1) is 0 Å². The van der Waals surface area contributed by atoms with Crippen LogP contribution in [-0.2, 0) is 19.0 Å². The fraction of sp³-hybridized carbons (Fsp3) is 0.933. The van der Waals surface area contributed by atoms with Crippen LogP contribution in [0.25, 0.3) is 0 Å². The molecule has 0 spiro atoms. The average Bonchev–Trinajstić information content (AvgIpc) is 2.25. The first-order chi connectivity index (χ1) is 8.72. The van der Waals surface area contributed by atoms with Gasteiger partial charge in [0.2, 0.25) is 0 Å². The Kier molecular flexibility index (Phi) is 9.23. The Morgan fingerprint density at radius 3 is 2.00 bits per heavy atom. The molecule has 0 aliphatic carbocycles. The van der Waals surface area contributed by atoms with Gasteiger partial charge in [0.1, 0.15) is 6.61 Å². The van der Waals surface area contributed by atoms with Gasteiger partial charge in [0, 0.05) is 6.61 Å². The van der Waals surface area contributed by atoms with Crippen molar-refractivity contribution in [2.24, 2.45) is 5.41 Å². The Labute approximate surface area is 117 Å². The molecule has 0 fully saturated rings. The zero-order chi connectivity index (χ0) is 14.9. The molecule has 0 amide bonds. The highest BCUT2D eigenvalue weighted by Crippen LogP contribution is 2.18. The SMILES string of the molecule is CC(=O)COCCO[C@@H](C)[C@H](C)OCCC(C)(C)C. The summed E-state index contributed by atoms with van der Waals surface area (Å²) in [5, 5.41) is 0. The minimum Gasteiger partial charge on any atom is -0.376 e. The first-order valence-corrected chi connectivity index (χ1v) is 7.03. The van der Waals surface area contributed by atoms with E-state index in [1.165, 1.54) is 6.92 Å². The highest BCUT2D eigenvalue weighted by atomic mass is 16.6. The lowest BCUT2D eigenvalue weighted by atomic mass is 9.93. The number of Topliss-reactive ketones (excluding diaryl/α,β-unsaturated/α-hetero) is 1. The fourth-order valence-corrected chi connectivity index (χ4v) is 1.33. The summed E-state index contributed by atoms with van der Waals surface area (Å²) in [4.78, 5) is 10.7. The molecule has 0 rings (SSSR count). The third kappa shape index (κ3) is 12.3. The summed E-state index contributed by atoms with van der Waals surface area (Å²) < 4.78 is 16.5. The largest absolute Gasteiger partial charge is 0.376 e. The Hall–Kier alpha value is -0.450. The van der Waals surface area contributed by atoms with Gasteiger partial charge in [-0.3, -0.25) is 4.79 Å². The monoisotopic (exact) mass is 274 g/mol. The van der Waals surface area contributed by atoms with Crippen LogP contribution in [0.3, 0.4) is 0 Å². The van der Waals surface area contributed by atoms with E-state index in [0.717, 1.165) is 13.0 Å². The van der Waals surface area contributed by atoms with Gasteiger partial charge in [0.15, 0.2) is 5.78 Å². The normalized spacial score (nSPS) is 15.3. The molecule has 4 heteroatoms. The van der Waals surface area contributed by atoms with Crippen LogP contribution in [0.15, 0.2) is 0 Å². The molecule has 4 nitrogen and oxygen atoms in total. The maximum Gasteiger partial charge on any atom is 0.155 e. The molecule has 114 valence electrons. The zero-order valence-corrected chi connectivity index (χ0v) is 13.3. The molecule has 0 unspecified atom stereocenters. The maximum atomic E-state index is 10.7. The van der Waals surface area contributed by atoms with E-state index in [2.05, 4.69) is 20.8 Å². The molecule has 0 aliphatic rings. The Balaban J connectivity index is 3.59. The Morgan fingerprint density at radius 1 is 1.00 bits per heavy atom. The van der Waals surface area contributed by atoms with E-state index in [1.807, 2.05) is 13.8 Å². The first-order valence-electron chi connectivity index (χ1n) is 7.03. The predicted octanol–water partition coefficient (Wildman–Crippen LogP) is 2.84. The molecule has 0 aromatic rings. The molecular weight excluding hydrogens is 244 g/mol. The zero-order valence-electron chi connectivity index (χ0n) is 13.3. The molecule has 0 heterocycles. The second kappa shape index (κ2) is 9.45. The topological polar surface area (TPSA) is 44.8 Å². The van der Waals surface area contributed by atoms with Crippen LogP contribution in [0, 0.1) is 5.41 Å². The molecule has 19 heavy (non-hydrogen) atoms. The summed E-state index contributed by atoms with van der Waals surface area (Å²) in [7, 11) is 0. The van der Waals surface area contributed by atoms with Crippen molar-refractivity contribution < 1.29 is 19.0 Å². The molecule has 0 N–H and O–H groups in total. The summed E-state index contributed by atoms with van der Waals surface area (Å²) in [5.41, 5.74) is 0.296. The van der Waals surface area contributed by atoms with Gasteiger partial charge in [-0.2, -0.15) is 0 Å². The number of hydrogen-bond donors (Lipinski definition) is 0. The van der Waals surface area contributed by atoms with Gasteiger partial charge in [0.25, 0.3) is 0 Å². The molecule has 0 aromatic heterocycles. The highest BCUT2D eigenvalue weighted by molar-refractivity contribution is 5.76. The number of rotatable bonds is 10. The highest BCUT2D eigenvalue weighted by Gasteiger charge is 2.15. The van der Waals surface area contributed by atoms with Crippen LogP contribution in [-0.4, -0.2) is 44.4 Å². The molecule has 0 bridgehead atoms. The summed E-state index contributed by atoms with van der Waals surface area (Å²) >= 11 is 0. The quantitative estimate of drug-likeness (QED) is 0.575. The van der Waals surface area contributed by atoms with Gasteiger partial charge in [-0.25, -0.2) is 0 Å². The van der Waals surface area contributed by atoms with Crippen molar-refractivity contribution in [1.29, 1.82) is 0 Å². The van der Waals surface area contributed by atoms with Crippen LogP contribution < -0.4 is 0 Å². The molecule has 0 saturated heterocycles. The number of hydrogen-bond acceptors (Lipinski definition) is 4. The Morgan fingerprint density at radius 2 is 1.53 bits per heavy atom. The van der Waals surface area contributed by atoms with Crippen LogP contribution in [0.5, 0.6) is 0 Å². The number of ether oxygens (including phenoxy) is 3. The maximum absolute atomic E-state index is 10.7. The van der Waals surface area contributed by atoms with E-state index in [-0.39, 0.29) is 24.6 Å². The molecular formula is C15H30O4. The molecule has 0 saturated carbocycles. The average molecular weight is 274 g/mol. The third-order valence-electron chi connectivity index (χ3n) is 2.81. The van der Waals surface area contributed by atoms with Crippen LogP contribution in [0.1, 0.15) is 48.0 Å². The van der Waals surface area contributed by atoms with Gasteiger partial charge in [0.05, 0.1) is 25.4 Å². The second-order valence-corrected chi connectivity index (χ2v) is 6.22. The lowest BCUT2D eigenvalue weighted by Crippen LogP contribution is -2.28. The number of carbonyl (C=O) groups is 1. The van der Waals surface area contributed by atoms with Crippen LogP contribution in [0.2, 0.25) is 0 Å². The van der Waals surface area contributed by atoms with Gasteiger partial charge >= 0.3 is 0 Å². The first kappa shape index (κ1) is 18.6. The standard InChI is InChI=1S/C15H30O4/c1-12(16)11-17-9-10-19-14(3)13(2)18-8-7-15(4,5)6/h13-14H,7-11H2,1-6H3/t13-,14-/m0/s1. The van der Waals surface area contributed by atoms with Gasteiger partial charge in [-0.1, -0.05) is 20.8 Å². The summed E-state index contributed by atoms with van der Waals surface area (Å²) in [6.45, 7) is 14.0. The van der Waals surface area contributed by atoms with Crippen molar-refractivity contribution in [1.82, 2.24) is 0 Å². The van der Waals surface area contributed by atoms with E-state index in [9.17, 15) is 4.79 Å². The van der Waals surface area contributed by atoms with Gasteiger partial charge in [-0.05, 0) is 32.6 Å². The van der Waals surface area contributed by atoms with E-state index < -0.39 is 0 Å². The number of carbonyl (C=O) groups excluding carboxylic acids is 1. The molecule has 0 radical (unpaired) electrons. The van der Waals surface area contributed by atoms with Crippen molar-refractivity contribution in [2.45, 2.75) is 60.2 Å². The van der Waals surface area contributed by atoms with Crippen molar-refractivity contribution >= 4 is 5.78 Å². The summed E-state index contributed by atoms with van der Waals surface area (Å²) in [5.74, 6) is 0.0342. The fourth-order valence-electron chi connectivity index (χ4n) is 1.33. The minimum absolute atomic E-state index is 0.0286. The second-order valence-electron chi connectivity index (χ2n) is 6.22. The van der Waals surface area contributed by atoms with E-state index >= 15 is 0 Å². The summed E-state index contributed by atoms with van der Waals surface area (Å²) in [6, 6.07) is 0.